The second-order valence-corrected chi connectivity index (χ2v) is 5.94. The molecule has 0 aromatic heterocycles. The minimum atomic E-state index is -0.437. The van der Waals surface area contributed by atoms with Gasteiger partial charge in [-0.15, -0.1) is 12.4 Å². The van der Waals surface area contributed by atoms with Crippen molar-refractivity contribution in [3.63, 3.8) is 0 Å². The van der Waals surface area contributed by atoms with Crippen LogP contribution in [0.25, 0.3) is 0 Å². The second kappa shape index (κ2) is 8.53. The molecule has 0 saturated carbocycles. The predicted molar refractivity (Wildman–Crippen MR) is 105 cm³/mol. The highest BCUT2D eigenvalue weighted by molar-refractivity contribution is 5.95. The SMILES string of the molecule is Cl.Nc1cccc2c1CCCN2C(=O)CCNc1ccccc1[N+](=O)[O-]. The van der Waals surface area contributed by atoms with E-state index in [0.717, 1.165) is 24.1 Å². The lowest BCUT2D eigenvalue weighted by Gasteiger charge is -2.30. The van der Waals surface area contributed by atoms with E-state index in [4.69, 9.17) is 5.73 Å². The van der Waals surface area contributed by atoms with Crippen LogP contribution in [0.15, 0.2) is 42.5 Å². The number of carbonyl (C=O) groups excluding carboxylic acids is 1. The van der Waals surface area contributed by atoms with E-state index in [-0.39, 0.29) is 30.4 Å². The van der Waals surface area contributed by atoms with Crippen molar-refractivity contribution in [2.75, 3.05) is 29.0 Å². The van der Waals surface area contributed by atoms with Gasteiger partial charge in [0.05, 0.1) is 4.92 Å². The molecule has 0 saturated heterocycles. The number of benzene rings is 2. The number of nitro groups is 1. The van der Waals surface area contributed by atoms with Crippen LogP contribution in [0.3, 0.4) is 0 Å². The zero-order chi connectivity index (χ0) is 17.8. The van der Waals surface area contributed by atoms with Crippen LogP contribution >= 0.6 is 12.4 Å². The van der Waals surface area contributed by atoms with Crippen LogP contribution in [0.1, 0.15) is 18.4 Å². The van der Waals surface area contributed by atoms with Gasteiger partial charge in [-0.25, -0.2) is 0 Å². The molecule has 3 rings (SSSR count). The molecule has 0 spiro atoms. The maximum Gasteiger partial charge on any atom is 0.292 e. The molecular weight excluding hydrogens is 356 g/mol. The minimum absolute atomic E-state index is 0. The average Bonchev–Trinajstić information content (AvgIpc) is 2.62. The van der Waals surface area contributed by atoms with Gasteiger partial charge in [0.2, 0.25) is 5.91 Å². The first-order valence-electron chi connectivity index (χ1n) is 8.23. The Morgan fingerprint density at radius 3 is 2.77 bits per heavy atom. The van der Waals surface area contributed by atoms with Gasteiger partial charge in [0.1, 0.15) is 5.69 Å². The van der Waals surface area contributed by atoms with Crippen molar-refractivity contribution < 1.29 is 9.72 Å². The molecule has 138 valence electrons. The normalized spacial score (nSPS) is 12.7. The quantitative estimate of drug-likeness (QED) is 0.473. The van der Waals surface area contributed by atoms with E-state index >= 15 is 0 Å². The van der Waals surface area contributed by atoms with Crippen LogP contribution in [-0.2, 0) is 11.2 Å². The number of anilines is 3. The predicted octanol–water partition coefficient (Wildman–Crippen LogP) is 3.38. The fraction of sp³-hybridized carbons (Fsp3) is 0.278. The summed E-state index contributed by atoms with van der Waals surface area (Å²) in [7, 11) is 0. The van der Waals surface area contributed by atoms with Crippen molar-refractivity contribution in [2.24, 2.45) is 0 Å². The minimum Gasteiger partial charge on any atom is -0.398 e. The number of nitrogens with two attached hydrogens (primary N) is 1. The van der Waals surface area contributed by atoms with Crippen molar-refractivity contribution in [3.8, 4) is 0 Å². The molecule has 26 heavy (non-hydrogen) atoms. The summed E-state index contributed by atoms with van der Waals surface area (Å²) in [5.74, 6) is -0.0161. The van der Waals surface area contributed by atoms with Gasteiger partial charge in [0, 0.05) is 37.0 Å². The van der Waals surface area contributed by atoms with Crippen molar-refractivity contribution >= 4 is 41.1 Å². The molecule has 1 heterocycles. The Labute approximate surface area is 157 Å². The Hall–Kier alpha value is -2.80. The van der Waals surface area contributed by atoms with E-state index < -0.39 is 4.92 Å². The zero-order valence-corrected chi connectivity index (χ0v) is 15.0. The number of halogens is 1. The number of amides is 1. The summed E-state index contributed by atoms with van der Waals surface area (Å²) < 4.78 is 0. The van der Waals surface area contributed by atoms with E-state index in [1.54, 1.807) is 23.1 Å². The highest BCUT2D eigenvalue weighted by Crippen LogP contribution is 2.31. The molecule has 2 aromatic carbocycles. The number of carbonyl (C=O) groups is 1. The molecule has 0 fully saturated rings. The molecule has 1 aliphatic heterocycles. The molecular formula is C18H21ClN4O3. The molecule has 3 N–H and O–H groups in total. The number of nitrogens with zero attached hydrogens (tertiary/aromatic N) is 2. The van der Waals surface area contributed by atoms with E-state index in [0.29, 0.717) is 24.5 Å². The van der Waals surface area contributed by atoms with Crippen molar-refractivity contribution in [1.82, 2.24) is 0 Å². The molecule has 0 atom stereocenters. The first kappa shape index (κ1) is 19.5. The van der Waals surface area contributed by atoms with Crippen LogP contribution in [0.5, 0.6) is 0 Å². The van der Waals surface area contributed by atoms with E-state index in [1.165, 1.54) is 6.07 Å². The maximum atomic E-state index is 12.6. The van der Waals surface area contributed by atoms with Crippen molar-refractivity contribution in [2.45, 2.75) is 19.3 Å². The van der Waals surface area contributed by atoms with Crippen molar-refractivity contribution in [1.29, 1.82) is 0 Å². The number of hydrogen-bond donors (Lipinski definition) is 2. The average molecular weight is 377 g/mol. The number of rotatable bonds is 5. The number of fused-ring (bicyclic) bond motifs is 1. The summed E-state index contributed by atoms with van der Waals surface area (Å²) in [6, 6.07) is 12.0. The van der Waals surface area contributed by atoms with Crippen LogP contribution in [0.4, 0.5) is 22.7 Å². The summed E-state index contributed by atoms with van der Waals surface area (Å²) in [4.78, 5) is 24.9. The smallest absolute Gasteiger partial charge is 0.292 e. The Morgan fingerprint density at radius 2 is 2.00 bits per heavy atom. The molecule has 0 unspecified atom stereocenters. The summed E-state index contributed by atoms with van der Waals surface area (Å²) in [5, 5.41) is 14.0. The highest BCUT2D eigenvalue weighted by atomic mass is 35.5. The zero-order valence-electron chi connectivity index (χ0n) is 14.2. The van der Waals surface area contributed by atoms with Gasteiger partial charge >= 0.3 is 0 Å². The lowest BCUT2D eigenvalue weighted by molar-refractivity contribution is -0.384. The Bertz CT molecular complexity index is 813. The lowest BCUT2D eigenvalue weighted by Crippen LogP contribution is -2.36. The molecule has 0 aliphatic carbocycles. The summed E-state index contributed by atoms with van der Waals surface area (Å²) in [5.41, 5.74) is 9.05. The topological polar surface area (TPSA) is 102 Å². The molecule has 2 aromatic rings. The first-order valence-corrected chi connectivity index (χ1v) is 8.23. The third kappa shape index (κ3) is 4.05. The molecule has 7 nitrogen and oxygen atoms in total. The third-order valence-electron chi connectivity index (χ3n) is 4.34. The summed E-state index contributed by atoms with van der Waals surface area (Å²) in [6.07, 6.45) is 2.01. The van der Waals surface area contributed by atoms with Gasteiger partial charge in [-0.2, -0.15) is 0 Å². The standard InChI is InChI=1S/C18H20N4O3.ClH/c19-14-6-3-9-16-13(14)5-4-12-21(16)18(23)10-11-20-15-7-1-2-8-17(15)22(24)25;/h1-3,6-9,20H,4-5,10-12,19H2;1H. The first-order chi connectivity index (χ1) is 12.1. The fourth-order valence-electron chi connectivity index (χ4n) is 3.13. The highest BCUT2D eigenvalue weighted by Gasteiger charge is 2.23. The Kier molecular flexibility index (Phi) is 6.41. The number of nitro benzene ring substituents is 1. The largest absolute Gasteiger partial charge is 0.398 e. The van der Waals surface area contributed by atoms with Gasteiger partial charge in [0.15, 0.2) is 0 Å². The Morgan fingerprint density at radius 1 is 1.23 bits per heavy atom. The van der Waals surface area contributed by atoms with Gasteiger partial charge in [0.25, 0.3) is 5.69 Å². The molecule has 1 amide bonds. The number of hydrogen-bond acceptors (Lipinski definition) is 5. The number of para-hydroxylation sites is 2. The second-order valence-electron chi connectivity index (χ2n) is 5.94. The maximum absolute atomic E-state index is 12.6. The molecule has 8 heteroatoms. The van der Waals surface area contributed by atoms with Crippen molar-refractivity contribution in [3.05, 3.63) is 58.1 Å². The third-order valence-corrected chi connectivity index (χ3v) is 4.34. The summed E-state index contributed by atoms with van der Waals surface area (Å²) in [6.45, 7) is 0.999. The van der Waals surface area contributed by atoms with Gasteiger partial charge in [-0.1, -0.05) is 18.2 Å². The number of nitrogen functional groups attached to an aromatic ring is 1. The van der Waals surface area contributed by atoms with Crippen LogP contribution in [0.2, 0.25) is 0 Å². The van der Waals surface area contributed by atoms with Gasteiger partial charge in [-0.3, -0.25) is 14.9 Å². The monoisotopic (exact) mass is 376 g/mol. The van der Waals surface area contributed by atoms with Crippen LogP contribution in [-0.4, -0.2) is 23.9 Å². The molecule has 1 aliphatic rings. The Balaban J connectivity index is 0.00000243. The molecule has 0 radical (unpaired) electrons. The van der Waals surface area contributed by atoms with Gasteiger partial charge < -0.3 is 16.0 Å². The summed E-state index contributed by atoms with van der Waals surface area (Å²) >= 11 is 0. The molecule has 0 bridgehead atoms. The fourth-order valence-corrected chi connectivity index (χ4v) is 3.13. The van der Waals surface area contributed by atoms with Gasteiger partial charge in [-0.05, 0) is 36.6 Å². The van der Waals surface area contributed by atoms with E-state index in [1.807, 2.05) is 18.2 Å². The van der Waals surface area contributed by atoms with E-state index in [9.17, 15) is 14.9 Å². The lowest BCUT2D eigenvalue weighted by atomic mass is 9.99. The van der Waals surface area contributed by atoms with Crippen LogP contribution in [0, 0.1) is 10.1 Å². The van der Waals surface area contributed by atoms with Crippen LogP contribution < -0.4 is 16.0 Å². The van der Waals surface area contributed by atoms with E-state index in [2.05, 4.69) is 5.32 Å². The number of nitrogens with one attached hydrogen (secondary N) is 1.